The predicted octanol–water partition coefficient (Wildman–Crippen LogP) is 2.08. The van der Waals surface area contributed by atoms with E-state index < -0.39 is 0 Å². The molecular formula is C17H24N2O2. The summed E-state index contributed by atoms with van der Waals surface area (Å²) in [5.41, 5.74) is 6.59. The van der Waals surface area contributed by atoms with Crippen molar-refractivity contribution in [3.63, 3.8) is 0 Å². The van der Waals surface area contributed by atoms with Crippen LogP contribution in [0.2, 0.25) is 0 Å². The second-order valence-corrected chi connectivity index (χ2v) is 6.24. The zero-order valence-corrected chi connectivity index (χ0v) is 12.4. The first-order valence-corrected chi connectivity index (χ1v) is 7.95. The van der Waals surface area contributed by atoms with E-state index in [9.17, 15) is 4.79 Å². The van der Waals surface area contributed by atoms with Crippen LogP contribution in [0.25, 0.3) is 0 Å². The first-order chi connectivity index (χ1) is 10.3. The van der Waals surface area contributed by atoms with Crippen molar-refractivity contribution in [1.82, 2.24) is 5.32 Å². The van der Waals surface area contributed by atoms with Crippen LogP contribution >= 0.6 is 0 Å². The molecule has 0 atom stereocenters. The zero-order valence-electron chi connectivity index (χ0n) is 12.4. The molecule has 2 aliphatic rings. The lowest BCUT2D eigenvalue weighted by atomic mass is 9.98. The summed E-state index contributed by atoms with van der Waals surface area (Å²) in [5.74, 6) is 3.09. The van der Waals surface area contributed by atoms with Gasteiger partial charge in [0.05, 0.1) is 0 Å². The number of nitrogens with one attached hydrogen (secondary N) is 1. The van der Waals surface area contributed by atoms with Crippen LogP contribution in [0.4, 0.5) is 0 Å². The van der Waals surface area contributed by atoms with Gasteiger partial charge in [0.25, 0.3) is 5.91 Å². The normalized spacial score (nSPS) is 17.8. The van der Waals surface area contributed by atoms with E-state index >= 15 is 0 Å². The lowest BCUT2D eigenvalue weighted by Crippen LogP contribution is -2.34. The van der Waals surface area contributed by atoms with Gasteiger partial charge in [0, 0.05) is 18.7 Å². The molecule has 1 aromatic carbocycles. The number of hydrogen-bond donors (Lipinski definition) is 2. The predicted molar refractivity (Wildman–Crippen MR) is 81.8 cm³/mol. The van der Waals surface area contributed by atoms with Gasteiger partial charge in [0.1, 0.15) is 5.75 Å². The average Bonchev–Trinajstić information content (AvgIpc) is 3.38. The van der Waals surface area contributed by atoms with Gasteiger partial charge in [0.15, 0.2) is 6.61 Å². The van der Waals surface area contributed by atoms with Gasteiger partial charge in [0.2, 0.25) is 0 Å². The monoisotopic (exact) mass is 288 g/mol. The number of para-hydroxylation sites is 1. The van der Waals surface area contributed by atoms with Crippen molar-refractivity contribution in [1.29, 1.82) is 0 Å². The van der Waals surface area contributed by atoms with Crippen LogP contribution in [0, 0.1) is 17.8 Å². The van der Waals surface area contributed by atoms with Gasteiger partial charge in [-0.25, -0.2) is 0 Å². The molecular weight excluding hydrogens is 264 g/mol. The van der Waals surface area contributed by atoms with Crippen molar-refractivity contribution >= 4 is 5.91 Å². The minimum Gasteiger partial charge on any atom is -0.483 e. The highest BCUT2D eigenvalue weighted by atomic mass is 16.5. The molecule has 4 heteroatoms. The second-order valence-electron chi connectivity index (χ2n) is 6.24. The molecule has 2 aliphatic carbocycles. The summed E-state index contributed by atoms with van der Waals surface area (Å²) < 4.78 is 5.58. The summed E-state index contributed by atoms with van der Waals surface area (Å²) in [6.45, 7) is 1.30. The van der Waals surface area contributed by atoms with Crippen LogP contribution in [0.1, 0.15) is 31.2 Å². The number of benzene rings is 1. The van der Waals surface area contributed by atoms with Crippen molar-refractivity contribution in [2.75, 3.05) is 13.2 Å². The maximum Gasteiger partial charge on any atom is 0.257 e. The van der Waals surface area contributed by atoms with Gasteiger partial charge in [-0.1, -0.05) is 18.2 Å². The number of amides is 1. The largest absolute Gasteiger partial charge is 0.483 e. The average molecular weight is 288 g/mol. The number of rotatable bonds is 8. The maximum absolute atomic E-state index is 11.9. The third-order valence-corrected chi connectivity index (χ3v) is 4.54. The number of carbonyl (C=O) groups is 1. The Bertz CT molecular complexity index is 483. The third kappa shape index (κ3) is 3.97. The van der Waals surface area contributed by atoms with E-state index in [4.69, 9.17) is 10.5 Å². The molecule has 0 bridgehead atoms. The Morgan fingerprint density at radius 1 is 1.24 bits per heavy atom. The Balaban J connectivity index is 1.43. The summed E-state index contributed by atoms with van der Waals surface area (Å²) in [5, 5.41) is 3.04. The third-order valence-electron chi connectivity index (χ3n) is 4.54. The highest BCUT2D eigenvalue weighted by molar-refractivity contribution is 5.77. The van der Waals surface area contributed by atoms with Crippen LogP contribution in [-0.2, 0) is 11.3 Å². The van der Waals surface area contributed by atoms with Crippen LogP contribution in [0.5, 0.6) is 5.75 Å². The van der Waals surface area contributed by atoms with Crippen LogP contribution < -0.4 is 15.8 Å². The Morgan fingerprint density at radius 3 is 2.52 bits per heavy atom. The molecule has 0 aromatic heterocycles. The van der Waals surface area contributed by atoms with E-state index in [0.29, 0.717) is 18.2 Å². The Kier molecular flexibility index (Phi) is 4.44. The molecule has 0 radical (unpaired) electrons. The van der Waals surface area contributed by atoms with Crippen molar-refractivity contribution < 1.29 is 9.53 Å². The van der Waals surface area contributed by atoms with Crippen molar-refractivity contribution in [2.45, 2.75) is 32.2 Å². The molecule has 0 saturated heterocycles. The Morgan fingerprint density at radius 2 is 1.90 bits per heavy atom. The van der Waals surface area contributed by atoms with E-state index in [2.05, 4.69) is 5.32 Å². The summed E-state index contributed by atoms with van der Waals surface area (Å²) in [7, 11) is 0. The van der Waals surface area contributed by atoms with E-state index in [-0.39, 0.29) is 12.5 Å². The molecule has 4 nitrogen and oxygen atoms in total. The molecule has 2 saturated carbocycles. The summed E-state index contributed by atoms with van der Waals surface area (Å²) in [4.78, 5) is 11.9. The fourth-order valence-corrected chi connectivity index (χ4v) is 3.01. The van der Waals surface area contributed by atoms with E-state index in [1.165, 1.54) is 25.7 Å². The van der Waals surface area contributed by atoms with Crippen LogP contribution in [-0.4, -0.2) is 19.1 Å². The molecule has 0 spiro atoms. The number of ether oxygens (including phenoxy) is 1. The standard InChI is InChI=1S/C17H24N2O2/c18-9-14-3-1-2-4-16(14)21-11-17(20)19-10-15(12-5-6-12)13-7-8-13/h1-4,12-13,15H,5-11,18H2,(H,19,20). The van der Waals surface area contributed by atoms with Crippen molar-refractivity contribution in [2.24, 2.45) is 23.5 Å². The highest BCUT2D eigenvalue weighted by Crippen LogP contribution is 2.48. The Hall–Kier alpha value is -1.55. The summed E-state index contributed by atoms with van der Waals surface area (Å²) in [6, 6.07) is 7.59. The van der Waals surface area contributed by atoms with Crippen LogP contribution in [0.3, 0.4) is 0 Å². The van der Waals surface area contributed by atoms with Gasteiger partial charge >= 0.3 is 0 Å². The quantitative estimate of drug-likeness (QED) is 0.769. The molecule has 0 heterocycles. The first-order valence-electron chi connectivity index (χ1n) is 7.95. The number of nitrogens with two attached hydrogens (primary N) is 1. The second kappa shape index (κ2) is 6.48. The zero-order chi connectivity index (χ0) is 14.7. The molecule has 1 aromatic rings. The van der Waals surface area contributed by atoms with Gasteiger partial charge < -0.3 is 15.8 Å². The Labute approximate surface area is 126 Å². The lowest BCUT2D eigenvalue weighted by molar-refractivity contribution is -0.123. The maximum atomic E-state index is 11.9. The van der Waals surface area contributed by atoms with E-state index in [0.717, 1.165) is 23.9 Å². The minimum atomic E-state index is -0.0341. The molecule has 0 unspecified atom stereocenters. The minimum absolute atomic E-state index is 0.0341. The molecule has 114 valence electrons. The topological polar surface area (TPSA) is 64.3 Å². The lowest BCUT2D eigenvalue weighted by Gasteiger charge is -2.16. The van der Waals surface area contributed by atoms with Gasteiger partial charge in [-0.05, 0) is 49.5 Å². The highest BCUT2D eigenvalue weighted by Gasteiger charge is 2.41. The fraction of sp³-hybridized carbons (Fsp3) is 0.588. The first kappa shape index (κ1) is 14.4. The molecule has 1 amide bonds. The van der Waals surface area contributed by atoms with E-state index in [1.807, 2.05) is 24.3 Å². The molecule has 3 rings (SSSR count). The smallest absolute Gasteiger partial charge is 0.257 e. The van der Waals surface area contributed by atoms with E-state index in [1.54, 1.807) is 0 Å². The van der Waals surface area contributed by atoms with Crippen molar-refractivity contribution in [3.05, 3.63) is 29.8 Å². The van der Waals surface area contributed by atoms with Gasteiger partial charge in [-0.2, -0.15) is 0 Å². The van der Waals surface area contributed by atoms with Crippen molar-refractivity contribution in [3.8, 4) is 5.75 Å². The molecule has 2 fully saturated rings. The molecule has 0 aliphatic heterocycles. The van der Waals surface area contributed by atoms with Crippen LogP contribution in [0.15, 0.2) is 24.3 Å². The molecule has 21 heavy (non-hydrogen) atoms. The van der Waals surface area contributed by atoms with Gasteiger partial charge in [-0.15, -0.1) is 0 Å². The van der Waals surface area contributed by atoms with Gasteiger partial charge in [-0.3, -0.25) is 4.79 Å². The summed E-state index contributed by atoms with van der Waals surface area (Å²) in [6.07, 6.45) is 5.38. The fourth-order valence-electron chi connectivity index (χ4n) is 3.01. The number of hydrogen-bond acceptors (Lipinski definition) is 3. The summed E-state index contributed by atoms with van der Waals surface area (Å²) >= 11 is 0. The SMILES string of the molecule is NCc1ccccc1OCC(=O)NCC(C1CC1)C1CC1. The number of carbonyl (C=O) groups excluding carboxylic acids is 1. The molecule has 3 N–H and O–H groups in total.